The number of aryl methyl sites for hydroxylation is 1. The number of methoxy groups -OCH3 is 1. The number of β-amino-alcohol motifs (C(OH)–C–C–N with tert-alkyl or cyclic N) is 1. The predicted octanol–water partition coefficient (Wildman–Crippen LogP) is 1.04. The Balaban J connectivity index is 1.78. The fourth-order valence-electron chi connectivity index (χ4n) is 2.96. The number of rotatable bonds is 7. The zero-order valence-corrected chi connectivity index (χ0v) is 13.7. The van der Waals surface area contributed by atoms with Crippen LogP contribution in [-0.2, 0) is 0 Å². The molecule has 0 bridgehead atoms. The van der Waals surface area contributed by atoms with Gasteiger partial charge in [-0.2, -0.15) is 0 Å². The maximum atomic E-state index is 10.4. The molecular formula is C17H28N2O3. The Morgan fingerprint density at radius 3 is 2.32 bits per heavy atom. The quantitative estimate of drug-likeness (QED) is 0.788. The first-order valence-corrected chi connectivity index (χ1v) is 8.02. The van der Waals surface area contributed by atoms with Gasteiger partial charge in [-0.15, -0.1) is 0 Å². The topological polar surface area (TPSA) is 56.2 Å². The van der Waals surface area contributed by atoms with E-state index in [2.05, 4.69) is 9.80 Å². The molecule has 124 valence electrons. The van der Waals surface area contributed by atoms with E-state index in [1.54, 1.807) is 7.11 Å². The van der Waals surface area contributed by atoms with Crippen molar-refractivity contribution in [2.45, 2.75) is 19.4 Å². The molecule has 0 saturated carbocycles. The minimum atomic E-state index is -0.430. The van der Waals surface area contributed by atoms with Gasteiger partial charge < -0.3 is 19.8 Å². The summed E-state index contributed by atoms with van der Waals surface area (Å²) in [5.41, 5.74) is 2.01. The van der Waals surface area contributed by atoms with Crippen LogP contribution in [0.1, 0.15) is 23.7 Å². The molecule has 0 aromatic heterocycles. The molecule has 1 aromatic carbocycles. The highest BCUT2D eigenvalue weighted by Gasteiger charge is 2.17. The van der Waals surface area contributed by atoms with E-state index in [0.29, 0.717) is 0 Å². The lowest BCUT2D eigenvalue weighted by molar-refractivity contribution is 0.0923. The van der Waals surface area contributed by atoms with Gasteiger partial charge in [-0.05, 0) is 36.6 Å². The fourth-order valence-corrected chi connectivity index (χ4v) is 2.96. The summed E-state index contributed by atoms with van der Waals surface area (Å²) in [7, 11) is 1.66. The molecule has 1 aliphatic rings. The van der Waals surface area contributed by atoms with Gasteiger partial charge in [0.25, 0.3) is 0 Å². The second-order valence-electron chi connectivity index (χ2n) is 5.94. The van der Waals surface area contributed by atoms with Crippen LogP contribution in [-0.4, -0.2) is 73.0 Å². The molecule has 2 rings (SSSR count). The van der Waals surface area contributed by atoms with E-state index in [0.717, 1.165) is 62.6 Å². The van der Waals surface area contributed by atoms with Gasteiger partial charge in [0, 0.05) is 39.3 Å². The van der Waals surface area contributed by atoms with Gasteiger partial charge in [-0.3, -0.25) is 4.90 Å². The van der Waals surface area contributed by atoms with E-state index in [1.165, 1.54) is 0 Å². The lowest BCUT2D eigenvalue weighted by Crippen LogP contribution is -2.47. The van der Waals surface area contributed by atoms with Crippen LogP contribution < -0.4 is 4.74 Å². The average molecular weight is 308 g/mol. The zero-order valence-electron chi connectivity index (χ0n) is 13.7. The molecule has 1 heterocycles. The van der Waals surface area contributed by atoms with Crippen LogP contribution in [0.2, 0.25) is 0 Å². The van der Waals surface area contributed by atoms with Crippen molar-refractivity contribution in [2.75, 3.05) is 53.0 Å². The Morgan fingerprint density at radius 1 is 1.14 bits per heavy atom. The number of aliphatic hydroxyl groups is 2. The van der Waals surface area contributed by atoms with Crippen molar-refractivity contribution in [3.05, 3.63) is 29.3 Å². The molecule has 5 heteroatoms. The maximum absolute atomic E-state index is 10.4. The summed E-state index contributed by atoms with van der Waals surface area (Å²) < 4.78 is 5.25. The lowest BCUT2D eigenvalue weighted by Gasteiger charge is -2.34. The normalized spacial score (nSPS) is 18.4. The van der Waals surface area contributed by atoms with Crippen LogP contribution in [0.5, 0.6) is 5.75 Å². The molecular weight excluding hydrogens is 280 g/mol. The van der Waals surface area contributed by atoms with Crippen LogP contribution in [0.3, 0.4) is 0 Å². The van der Waals surface area contributed by atoms with Crippen molar-refractivity contribution in [3.8, 4) is 5.75 Å². The largest absolute Gasteiger partial charge is 0.496 e. The number of piperazine rings is 1. The SMILES string of the molecule is COc1ccc(C(O)CCN2CCN(CCO)CC2)cc1C. The molecule has 0 amide bonds. The molecule has 0 radical (unpaired) electrons. The highest BCUT2D eigenvalue weighted by molar-refractivity contribution is 5.36. The summed E-state index contributed by atoms with van der Waals surface area (Å²) in [5, 5.41) is 19.3. The molecule has 1 unspecified atom stereocenters. The van der Waals surface area contributed by atoms with Gasteiger partial charge in [-0.1, -0.05) is 6.07 Å². The Bertz CT molecular complexity index is 459. The third kappa shape index (κ3) is 4.68. The van der Waals surface area contributed by atoms with Crippen molar-refractivity contribution in [1.29, 1.82) is 0 Å². The Hall–Kier alpha value is -1.14. The monoisotopic (exact) mass is 308 g/mol. The molecule has 0 aliphatic carbocycles. The van der Waals surface area contributed by atoms with E-state index in [-0.39, 0.29) is 6.61 Å². The molecule has 1 saturated heterocycles. The minimum absolute atomic E-state index is 0.232. The van der Waals surface area contributed by atoms with Crippen LogP contribution >= 0.6 is 0 Å². The van der Waals surface area contributed by atoms with E-state index < -0.39 is 6.10 Å². The zero-order chi connectivity index (χ0) is 15.9. The molecule has 1 aromatic rings. The second-order valence-corrected chi connectivity index (χ2v) is 5.94. The molecule has 2 N–H and O–H groups in total. The standard InChI is InChI=1S/C17H28N2O3/c1-14-13-15(3-4-17(14)22-2)16(21)5-6-18-7-9-19(10-8-18)11-12-20/h3-4,13,16,20-21H,5-12H2,1-2H3. The number of hydrogen-bond acceptors (Lipinski definition) is 5. The summed E-state index contributed by atoms with van der Waals surface area (Å²) in [5.74, 6) is 0.857. The first-order valence-electron chi connectivity index (χ1n) is 8.02. The highest BCUT2D eigenvalue weighted by Crippen LogP contribution is 2.24. The van der Waals surface area contributed by atoms with Crippen LogP contribution in [0.4, 0.5) is 0 Å². The van der Waals surface area contributed by atoms with Crippen molar-refractivity contribution in [1.82, 2.24) is 9.80 Å². The molecule has 1 atom stereocenters. The molecule has 22 heavy (non-hydrogen) atoms. The van der Waals surface area contributed by atoms with Crippen molar-refractivity contribution < 1.29 is 14.9 Å². The average Bonchev–Trinajstić information content (AvgIpc) is 2.54. The number of hydrogen-bond donors (Lipinski definition) is 2. The summed E-state index contributed by atoms with van der Waals surface area (Å²) in [4.78, 5) is 4.66. The molecule has 1 aliphatic heterocycles. The van der Waals surface area contributed by atoms with E-state index in [1.807, 2.05) is 25.1 Å². The fraction of sp³-hybridized carbons (Fsp3) is 0.647. The molecule has 0 spiro atoms. The first kappa shape index (κ1) is 17.2. The summed E-state index contributed by atoms with van der Waals surface area (Å²) in [6.45, 7) is 7.91. The minimum Gasteiger partial charge on any atom is -0.496 e. The van der Waals surface area contributed by atoms with Gasteiger partial charge in [-0.25, -0.2) is 0 Å². The lowest BCUT2D eigenvalue weighted by atomic mass is 10.0. The van der Waals surface area contributed by atoms with Crippen molar-refractivity contribution in [2.24, 2.45) is 0 Å². The number of aliphatic hydroxyl groups excluding tert-OH is 2. The van der Waals surface area contributed by atoms with Crippen molar-refractivity contribution >= 4 is 0 Å². The van der Waals surface area contributed by atoms with Gasteiger partial charge in [0.1, 0.15) is 5.75 Å². The number of ether oxygens (including phenoxy) is 1. The molecule has 1 fully saturated rings. The van der Waals surface area contributed by atoms with E-state index in [4.69, 9.17) is 9.84 Å². The third-order valence-corrected chi connectivity index (χ3v) is 4.40. The number of nitrogens with zero attached hydrogens (tertiary/aromatic N) is 2. The highest BCUT2D eigenvalue weighted by atomic mass is 16.5. The third-order valence-electron chi connectivity index (χ3n) is 4.40. The summed E-state index contributed by atoms with van der Waals surface area (Å²) in [6, 6.07) is 5.86. The predicted molar refractivity (Wildman–Crippen MR) is 87.3 cm³/mol. The van der Waals surface area contributed by atoms with E-state index in [9.17, 15) is 5.11 Å². The van der Waals surface area contributed by atoms with E-state index >= 15 is 0 Å². The van der Waals surface area contributed by atoms with Gasteiger partial charge in [0.2, 0.25) is 0 Å². The summed E-state index contributed by atoms with van der Waals surface area (Å²) >= 11 is 0. The smallest absolute Gasteiger partial charge is 0.121 e. The van der Waals surface area contributed by atoms with Crippen LogP contribution in [0, 0.1) is 6.92 Å². The Kier molecular flexibility index (Phi) is 6.64. The number of benzene rings is 1. The maximum Gasteiger partial charge on any atom is 0.121 e. The van der Waals surface area contributed by atoms with Gasteiger partial charge >= 0.3 is 0 Å². The van der Waals surface area contributed by atoms with Crippen molar-refractivity contribution in [3.63, 3.8) is 0 Å². The first-order chi connectivity index (χ1) is 10.6. The Labute approximate surface area is 133 Å². The van der Waals surface area contributed by atoms with Crippen LogP contribution in [0.25, 0.3) is 0 Å². The van der Waals surface area contributed by atoms with Gasteiger partial charge in [0.15, 0.2) is 0 Å². The summed E-state index contributed by atoms with van der Waals surface area (Å²) in [6.07, 6.45) is 0.311. The Morgan fingerprint density at radius 2 is 1.77 bits per heavy atom. The molecule has 5 nitrogen and oxygen atoms in total. The van der Waals surface area contributed by atoms with Crippen LogP contribution in [0.15, 0.2) is 18.2 Å². The second kappa shape index (κ2) is 8.48. The van der Waals surface area contributed by atoms with Gasteiger partial charge in [0.05, 0.1) is 19.8 Å².